The van der Waals surface area contributed by atoms with E-state index in [4.69, 9.17) is 0 Å². The average molecular weight is 305 g/mol. The van der Waals surface area contributed by atoms with Crippen LogP contribution in [0.25, 0.3) is 0 Å². The van der Waals surface area contributed by atoms with Crippen LogP contribution in [0, 0.1) is 0 Å². The number of fused-ring (bicyclic) bond motifs is 1. The number of carbonyl (C=O) groups excluding carboxylic acids is 1. The Balaban J connectivity index is 1.57. The summed E-state index contributed by atoms with van der Waals surface area (Å²) >= 11 is 1.53. The Morgan fingerprint density at radius 1 is 1.48 bits per heavy atom. The molecular formula is C13H15N5O2S. The predicted molar refractivity (Wildman–Crippen MR) is 78.4 cm³/mol. The van der Waals surface area contributed by atoms with Crippen LogP contribution in [0.15, 0.2) is 34.6 Å². The minimum Gasteiger partial charge on any atom is -0.352 e. The van der Waals surface area contributed by atoms with E-state index in [2.05, 4.69) is 15.4 Å². The van der Waals surface area contributed by atoms with Crippen LogP contribution in [0.4, 0.5) is 0 Å². The molecule has 0 atom stereocenters. The topological polar surface area (TPSA) is 81.8 Å². The lowest BCUT2D eigenvalue weighted by Crippen LogP contribution is -2.34. The lowest BCUT2D eigenvalue weighted by Gasteiger charge is -2.07. The second kappa shape index (κ2) is 6.13. The van der Waals surface area contributed by atoms with E-state index >= 15 is 0 Å². The Kier molecular flexibility index (Phi) is 4.05. The van der Waals surface area contributed by atoms with Gasteiger partial charge in [-0.25, -0.2) is 4.98 Å². The predicted octanol–water partition coefficient (Wildman–Crippen LogP) is 0.366. The number of carbonyl (C=O) groups is 1. The monoisotopic (exact) mass is 305 g/mol. The number of nitrogens with one attached hydrogen (secondary N) is 1. The van der Waals surface area contributed by atoms with Crippen molar-refractivity contribution in [3.05, 3.63) is 40.6 Å². The second-order valence-corrected chi connectivity index (χ2v) is 5.70. The first kappa shape index (κ1) is 13.9. The summed E-state index contributed by atoms with van der Waals surface area (Å²) < 4.78 is 3.36. The van der Waals surface area contributed by atoms with Crippen molar-refractivity contribution in [1.82, 2.24) is 24.6 Å². The SMILES string of the molecule is O=C(NCCCn1cccn1)c1cnc2n(c1=O)CCS2. The summed E-state index contributed by atoms with van der Waals surface area (Å²) in [5.74, 6) is 0.470. The summed E-state index contributed by atoms with van der Waals surface area (Å²) in [5, 5.41) is 7.53. The zero-order valence-electron chi connectivity index (χ0n) is 11.4. The highest BCUT2D eigenvalue weighted by molar-refractivity contribution is 7.99. The van der Waals surface area contributed by atoms with Gasteiger partial charge in [0.1, 0.15) is 5.56 Å². The van der Waals surface area contributed by atoms with Gasteiger partial charge in [-0.2, -0.15) is 5.10 Å². The van der Waals surface area contributed by atoms with Gasteiger partial charge in [-0.1, -0.05) is 11.8 Å². The molecule has 8 heteroatoms. The molecule has 0 saturated carbocycles. The van der Waals surface area contributed by atoms with Crippen molar-refractivity contribution in [2.75, 3.05) is 12.3 Å². The van der Waals surface area contributed by atoms with Crippen molar-refractivity contribution in [2.45, 2.75) is 24.7 Å². The van der Waals surface area contributed by atoms with Crippen LogP contribution in [-0.2, 0) is 13.1 Å². The van der Waals surface area contributed by atoms with Crippen LogP contribution >= 0.6 is 11.8 Å². The van der Waals surface area contributed by atoms with Gasteiger partial charge in [0.25, 0.3) is 11.5 Å². The summed E-state index contributed by atoms with van der Waals surface area (Å²) in [6.45, 7) is 1.84. The first-order chi connectivity index (χ1) is 10.3. The van der Waals surface area contributed by atoms with Crippen LogP contribution in [0.2, 0.25) is 0 Å². The van der Waals surface area contributed by atoms with Crippen molar-refractivity contribution < 1.29 is 4.79 Å². The Morgan fingerprint density at radius 3 is 3.19 bits per heavy atom. The van der Waals surface area contributed by atoms with Crippen molar-refractivity contribution in [2.24, 2.45) is 0 Å². The summed E-state index contributed by atoms with van der Waals surface area (Å²) in [7, 11) is 0. The van der Waals surface area contributed by atoms with Gasteiger partial charge in [0.2, 0.25) is 0 Å². The molecule has 2 aromatic heterocycles. The maximum atomic E-state index is 12.2. The number of hydrogen-bond acceptors (Lipinski definition) is 5. The molecule has 0 spiro atoms. The summed E-state index contributed by atoms with van der Waals surface area (Å²) in [6.07, 6.45) is 5.71. The molecule has 3 heterocycles. The Morgan fingerprint density at radius 2 is 2.38 bits per heavy atom. The third-order valence-electron chi connectivity index (χ3n) is 3.21. The van der Waals surface area contributed by atoms with Crippen LogP contribution in [-0.4, -0.2) is 37.5 Å². The molecule has 0 aromatic carbocycles. The summed E-state index contributed by atoms with van der Waals surface area (Å²) in [5.41, 5.74) is -0.144. The molecule has 3 rings (SSSR count). The maximum absolute atomic E-state index is 12.2. The number of hydrogen-bond donors (Lipinski definition) is 1. The van der Waals surface area contributed by atoms with Gasteiger partial charge in [0.15, 0.2) is 5.16 Å². The molecule has 0 unspecified atom stereocenters. The Hall–Kier alpha value is -2.09. The number of aromatic nitrogens is 4. The molecule has 110 valence electrons. The van der Waals surface area contributed by atoms with Crippen LogP contribution in [0.1, 0.15) is 16.8 Å². The highest BCUT2D eigenvalue weighted by Crippen LogP contribution is 2.20. The molecule has 21 heavy (non-hydrogen) atoms. The molecule has 1 amide bonds. The zero-order chi connectivity index (χ0) is 14.7. The fraction of sp³-hybridized carbons (Fsp3) is 0.385. The standard InChI is InChI=1S/C13H15N5O2S/c19-11(14-3-1-5-17-6-2-4-16-17)10-9-15-13-18(12(10)20)7-8-21-13/h2,4,6,9H,1,3,5,7-8H2,(H,14,19). The first-order valence-electron chi connectivity index (χ1n) is 6.74. The van der Waals surface area contributed by atoms with Crippen molar-refractivity contribution >= 4 is 17.7 Å². The third-order valence-corrected chi connectivity index (χ3v) is 4.18. The number of rotatable bonds is 5. The third kappa shape index (κ3) is 2.99. The van der Waals surface area contributed by atoms with Gasteiger partial charge in [0.05, 0.1) is 0 Å². The molecule has 0 aliphatic carbocycles. The van der Waals surface area contributed by atoms with Gasteiger partial charge >= 0.3 is 0 Å². The van der Waals surface area contributed by atoms with E-state index in [0.29, 0.717) is 18.2 Å². The molecule has 0 fully saturated rings. The number of aryl methyl sites for hydroxylation is 1. The van der Waals surface area contributed by atoms with Crippen molar-refractivity contribution in [3.8, 4) is 0 Å². The number of amides is 1. The minimum atomic E-state index is -0.361. The molecule has 1 aliphatic heterocycles. The van der Waals surface area contributed by atoms with E-state index in [1.165, 1.54) is 18.0 Å². The molecule has 1 N–H and O–H groups in total. The fourth-order valence-electron chi connectivity index (χ4n) is 2.14. The van der Waals surface area contributed by atoms with Gasteiger partial charge in [-0.15, -0.1) is 0 Å². The largest absolute Gasteiger partial charge is 0.352 e. The number of nitrogens with zero attached hydrogens (tertiary/aromatic N) is 4. The molecule has 0 radical (unpaired) electrons. The van der Waals surface area contributed by atoms with E-state index in [-0.39, 0.29) is 17.0 Å². The van der Waals surface area contributed by atoms with Crippen LogP contribution < -0.4 is 10.9 Å². The Bertz CT molecular complexity index is 695. The summed E-state index contributed by atoms with van der Waals surface area (Å²) in [6, 6.07) is 1.85. The highest BCUT2D eigenvalue weighted by atomic mass is 32.2. The smallest absolute Gasteiger partial charge is 0.267 e. The number of thioether (sulfide) groups is 1. The lowest BCUT2D eigenvalue weighted by molar-refractivity contribution is 0.0949. The van der Waals surface area contributed by atoms with Crippen molar-refractivity contribution in [1.29, 1.82) is 0 Å². The van der Waals surface area contributed by atoms with Gasteiger partial charge in [-0.3, -0.25) is 18.8 Å². The molecule has 1 aliphatic rings. The van der Waals surface area contributed by atoms with E-state index < -0.39 is 0 Å². The normalized spacial score (nSPS) is 13.1. The summed E-state index contributed by atoms with van der Waals surface area (Å²) in [4.78, 5) is 28.4. The first-order valence-corrected chi connectivity index (χ1v) is 7.72. The zero-order valence-corrected chi connectivity index (χ0v) is 12.2. The van der Waals surface area contributed by atoms with Crippen LogP contribution in [0.5, 0.6) is 0 Å². The Labute approximate surface area is 125 Å². The van der Waals surface area contributed by atoms with Crippen molar-refractivity contribution in [3.63, 3.8) is 0 Å². The van der Waals surface area contributed by atoms with Gasteiger partial charge < -0.3 is 5.32 Å². The molecule has 2 aromatic rings. The molecule has 0 bridgehead atoms. The van der Waals surface area contributed by atoms with E-state index in [1.807, 2.05) is 12.3 Å². The average Bonchev–Trinajstić information content (AvgIpc) is 3.15. The molecule has 0 saturated heterocycles. The highest BCUT2D eigenvalue weighted by Gasteiger charge is 2.19. The van der Waals surface area contributed by atoms with E-state index in [9.17, 15) is 9.59 Å². The molecule has 7 nitrogen and oxygen atoms in total. The fourth-order valence-corrected chi connectivity index (χ4v) is 3.06. The van der Waals surface area contributed by atoms with Crippen LogP contribution in [0.3, 0.4) is 0 Å². The second-order valence-electron chi connectivity index (χ2n) is 4.64. The lowest BCUT2D eigenvalue weighted by atomic mass is 10.3. The van der Waals surface area contributed by atoms with E-state index in [0.717, 1.165) is 18.7 Å². The van der Waals surface area contributed by atoms with Gasteiger partial charge in [-0.05, 0) is 12.5 Å². The maximum Gasteiger partial charge on any atom is 0.267 e. The molecular weight excluding hydrogens is 290 g/mol. The van der Waals surface area contributed by atoms with E-state index in [1.54, 1.807) is 15.4 Å². The minimum absolute atomic E-state index is 0.111. The quantitative estimate of drug-likeness (QED) is 0.637. The van der Waals surface area contributed by atoms with Gasteiger partial charge in [0, 0.05) is 44.0 Å².